The molecule has 8 heteroatoms. The van der Waals surface area contributed by atoms with Gasteiger partial charge in [-0.3, -0.25) is 9.59 Å². The van der Waals surface area contributed by atoms with E-state index in [9.17, 15) is 19.5 Å². The van der Waals surface area contributed by atoms with E-state index in [0.717, 1.165) is 51.4 Å². The molecule has 0 rings (SSSR count). The van der Waals surface area contributed by atoms with E-state index >= 15 is 0 Å². The first-order chi connectivity index (χ1) is 26.1. The van der Waals surface area contributed by atoms with Crippen LogP contribution in [-0.4, -0.2) is 75.5 Å². The third-order valence-electron chi connectivity index (χ3n) is 10.1. The number of hydrogen-bond acceptors (Lipinski definition) is 7. The first-order valence-corrected chi connectivity index (χ1v) is 22.4. The molecule has 0 saturated heterocycles. The van der Waals surface area contributed by atoms with Crippen LogP contribution in [0, 0.1) is 0 Å². The maximum Gasteiger partial charge on any atom is 0.306 e. The molecule has 0 aliphatic heterocycles. The smallest absolute Gasteiger partial charge is 0.306 e. The molecule has 54 heavy (non-hydrogen) atoms. The lowest BCUT2D eigenvalue weighted by molar-refractivity contribution is -0.889. The largest absolute Gasteiger partial charge is 0.544 e. The molecule has 0 fully saturated rings. The standard InChI is InChI=1S/C46H85NO7/c1-6-8-10-12-14-16-18-20-22-23-25-26-28-30-32-34-36-44(48)53-41-42(40-52-39-38-43(46(50)51)47(3,4)5)54-45(49)37-35-33-31-29-27-24-21-19-17-15-13-11-9-7-2/h22-23,25-26,42-43H,6-21,24,27-41H2,1-5H3/b23-22+,26-25+. The van der Waals surface area contributed by atoms with Crippen LogP contribution in [0.1, 0.15) is 200 Å². The van der Waals surface area contributed by atoms with Gasteiger partial charge in [-0.1, -0.05) is 167 Å². The van der Waals surface area contributed by atoms with Crippen molar-refractivity contribution in [3.8, 4) is 0 Å². The van der Waals surface area contributed by atoms with Crippen molar-refractivity contribution in [3.63, 3.8) is 0 Å². The highest BCUT2D eigenvalue weighted by Gasteiger charge is 2.25. The predicted octanol–water partition coefficient (Wildman–Crippen LogP) is 10.7. The van der Waals surface area contributed by atoms with Crippen molar-refractivity contribution >= 4 is 17.9 Å². The van der Waals surface area contributed by atoms with Crippen LogP contribution in [0.15, 0.2) is 24.3 Å². The first-order valence-electron chi connectivity index (χ1n) is 22.4. The molecule has 0 aliphatic rings. The molecule has 0 bridgehead atoms. The van der Waals surface area contributed by atoms with Crippen LogP contribution in [0.3, 0.4) is 0 Å². The van der Waals surface area contributed by atoms with Crippen molar-refractivity contribution in [2.75, 3.05) is 41.0 Å². The molecule has 0 aromatic heterocycles. The third kappa shape index (κ3) is 35.5. The summed E-state index contributed by atoms with van der Waals surface area (Å²) < 4.78 is 17.1. The second-order valence-electron chi connectivity index (χ2n) is 16.3. The summed E-state index contributed by atoms with van der Waals surface area (Å²) >= 11 is 0. The zero-order chi connectivity index (χ0) is 40.0. The summed E-state index contributed by atoms with van der Waals surface area (Å²) in [5.74, 6) is -1.76. The molecule has 0 aromatic rings. The van der Waals surface area contributed by atoms with E-state index in [4.69, 9.17) is 14.2 Å². The van der Waals surface area contributed by atoms with Crippen LogP contribution < -0.4 is 5.11 Å². The number of rotatable bonds is 40. The van der Waals surface area contributed by atoms with Gasteiger partial charge in [-0.2, -0.15) is 0 Å². The summed E-state index contributed by atoms with van der Waals surface area (Å²) in [5.41, 5.74) is 0. The summed E-state index contributed by atoms with van der Waals surface area (Å²) in [4.78, 5) is 36.8. The van der Waals surface area contributed by atoms with Gasteiger partial charge in [0, 0.05) is 19.3 Å². The molecule has 2 atom stereocenters. The van der Waals surface area contributed by atoms with Gasteiger partial charge in [0.05, 0.1) is 40.3 Å². The minimum absolute atomic E-state index is 0.0362. The van der Waals surface area contributed by atoms with Gasteiger partial charge in [0.25, 0.3) is 0 Å². The predicted molar refractivity (Wildman–Crippen MR) is 222 cm³/mol. The molecule has 0 N–H and O–H groups in total. The third-order valence-corrected chi connectivity index (χ3v) is 10.1. The number of unbranched alkanes of at least 4 members (excludes halogenated alkanes) is 23. The molecular formula is C46H85NO7. The quantitative estimate of drug-likeness (QED) is 0.0265. The highest BCUT2D eigenvalue weighted by atomic mass is 16.6. The van der Waals surface area contributed by atoms with Gasteiger partial charge in [-0.15, -0.1) is 0 Å². The number of ether oxygens (including phenoxy) is 3. The van der Waals surface area contributed by atoms with E-state index in [0.29, 0.717) is 12.8 Å². The Hall–Kier alpha value is -2.19. The molecule has 316 valence electrons. The van der Waals surface area contributed by atoms with Gasteiger partial charge in [-0.05, 0) is 38.5 Å². The number of carbonyl (C=O) groups excluding carboxylic acids is 3. The van der Waals surface area contributed by atoms with E-state index in [1.807, 2.05) is 0 Å². The second-order valence-corrected chi connectivity index (χ2v) is 16.3. The van der Waals surface area contributed by atoms with Gasteiger partial charge < -0.3 is 28.6 Å². The average molecular weight is 764 g/mol. The molecule has 0 radical (unpaired) electrons. The molecule has 0 aromatic carbocycles. The molecule has 8 nitrogen and oxygen atoms in total. The first kappa shape index (κ1) is 51.8. The topological polar surface area (TPSA) is 102 Å². The maximum absolute atomic E-state index is 12.7. The molecule has 0 spiro atoms. The van der Waals surface area contributed by atoms with Crippen molar-refractivity contribution in [3.05, 3.63) is 24.3 Å². The van der Waals surface area contributed by atoms with Gasteiger partial charge in [0.2, 0.25) is 0 Å². The number of quaternary nitrogens is 1. The van der Waals surface area contributed by atoms with Gasteiger partial charge >= 0.3 is 11.9 Å². The lowest BCUT2D eigenvalue weighted by atomic mass is 10.0. The number of hydrogen-bond donors (Lipinski definition) is 0. The second kappa shape index (κ2) is 37.7. The number of esters is 2. The highest BCUT2D eigenvalue weighted by molar-refractivity contribution is 5.70. The Morgan fingerprint density at radius 1 is 0.556 bits per heavy atom. The Morgan fingerprint density at radius 3 is 1.41 bits per heavy atom. The number of aliphatic carboxylic acids is 1. The highest BCUT2D eigenvalue weighted by Crippen LogP contribution is 2.15. The summed E-state index contributed by atoms with van der Waals surface area (Å²) in [6.45, 7) is 4.64. The zero-order valence-electron chi connectivity index (χ0n) is 35.9. The number of likely N-dealkylation sites (N-methyl/N-ethyl adjacent to an activating group) is 1. The molecule has 2 unspecified atom stereocenters. The van der Waals surface area contributed by atoms with E-state index in [1.54, 1.807) is 21.1 Å². The average Bonchev–Trinajstić information content (AvgIpc) is 3.12. The van der Waals surface area contributed by atoms with Gasteiger partial charge in [0.1, 0.15) is 12.6 Å². The Balaban J connectivity index is 4.37. The van der Waals surface area contributed by atoms with Crippen LogP contribution in [-0.2, 0) is 28.6 Å². The summed E-state index contributed by atoms with van der Waals surface area (Å²) in [6.07, 6.45) is 40.5. The van der Waals surface area contributed by atoms with Crippen LogP contribution in [0.5, 0.6) is 0 Å². The Bertz CT molecular complexity index is 942. The number of carboxylic acids is 1. The number of nitrogens with zero attached hydrogens (tertiary/aromatic N) is 1. The number of allylic oxidation sites excluding steroid dienone is 4. The zero-order valence-corrected chi connectivity index (χ0v) is 35.9. The van der Waals surface area contributed by atoms with Crippen molar-refractivity contribution in [2.24, 2.45) is 0 Å². The molecular weight excluding hydrogens is 679 g/mol. The van der Waals surface area contributed by atoms with E-state index < -0.39 is 18.1 Å². The Labute approximate surface area is 332 Å². The molecule has 0 saturated carbocycles. The Morgan fingerprint density at radius 2 is 0.963 bits per heavy atom. The SMILES string of the molecule is CCCCCCCCC/C=C/C=C/CCCCCC(=O)OCC(COCCC(C(=O)[O-])[N+](C)(C)C)OC(=O)CCCCCCCCCCCCCCCC. The summed E-state index contributed by atoms with van der Waals surface area (Å²) in [7, 11) is 5.40. The molecule has 0 aliphatic carbocycles. The minimum atomic E-state index is -1.13. The van der Waals surface area contributed by atoms with E-state index in [-0.39, 0.29) is 42.7 Å². The van der Waals surface area contributed by atoms with Crippen LogP contribution in [0.25, 0.3) is 0 Å². The normalized spacial score (nSPS) is 13.1. The monoisotopic (exact) mass is 764 g/mol. The van der Waals surface area contributed by atoms with E-state index in [2.05, 4.69) is 38.2 Å². The fraction of sp³-hybridized carbons (Fsp3) is 0.848. The van der Waals surface area contributed by atoms with Gasteiger partial charge in [-0.25, -0.2) is 0 Å². The lowest BCUT2D eigenvalue weighted by Gasteiger charge is -2.34. The van der Waals surface area contributed by atoms with Crippen molar-refractivity contribution in [1.29, 1.82) is 0 Å². The van der Waals surface area contributed by atoms with Crippen LogP contribution in [0.4, 0.5) is 0 Å². The maximum atomic E-state index is 12.7. The summed E-state index contributed by atoms with van der Waals surface area (Å²) in [5, 5.41) is 11.6. The number of carboxylic acid groups (broad SMARTS) is 1. The van der Waals surface area contributed by atoms with Crippen molar-refractivity contribution in [1.82, 2.24) is 0 Å². The lowest BCUT2D eigenvalue weighted by Crippen LogP contribution is -2.55. The van der Waals surface area contributed by atoms with E-state index in [1.165, 1.54) is 116 Å². The molecule has 0 heterocycles. The summed E-state index contributed by atoms with van der Waals surface area (Å²) in [6, 6.07) is -0.726. The Kier molecular flexibility index (Phi) is 36.2. The fourth-order valence-electron chi connectivity index (χ4n) is 6.59. The molecule has 0 amide bonds. The number of carbonyl (C=O) groups is 3. The minimum Gasteiger partial charge on any atom is -0.544 e. The van der Waals surface area contributed by atoms with Crippen LogP contribution >= 0.6 is 0 Å². The van der Waals surface area contributed by atoms with Crippen molar-refractivity contribution < 1.29 is 38.2 Å². The van der Waals surface area contributed by atoms with Gasteiger partial charge in [0.15, 0.2) is 6.10 Å². The van der Waals surface area contributed by atoms with Crippen molar-refractivity contribution in [2.45, 2.75) is 212 Å². The fourth-order valence-corrected chi connectivity index (χ4v) is 6.59. The van der Waals surface area contributed by atoms with Crippen LogP contribution in [0.2, 0.25) is 0 Å².